The maximum Gasteiger partial charge on any atom is 0.303 e. The summed E-state index contributed by atoms with van der Waals surface area (Å²) in [7, 11) is 0. The summed E-state index contributed by atoms with van der Waals surface area (Å²) in [5.74, 6) is 2.62. The molecule has 0 radical (unpaired) electrons. The molecule has 2 fully saturated rings. The van der Waals surface area contributed by atoms with Gasteiger partial charge in [0.25, 0.3) is 0 Å². The van der Waals surface area contributed by atoms with Crippen molar-refractivity contribution in [2.45, 2.75) is 76.4 Å². The number of carboxylic acids is 1. The van der Waals surface area contributed by atoms with Crippen molar-refractivity contribution in [1.82, 2.24) is 10.6 Å². The Kier molecular flexibility index (Phi) is 9.72. The number of rotatable bonds is 13. The number of carbonyl (C=O) groups excluding carboxylic acids is 1. The van der Waals surface area contributed by atoms with Crippen molar-refractivity contribution in [2.24, 2.45) is 11.8 Å². The normalized spacial score (nSPS) is 25.2. The summed E-state index contributed by atoms with van der Waals surface area (Å²) in [6, 6.07) is 0. The second-order valence-electron chi connectivity index (χ2n) is 7.75. The number of fused-ring (bicyclic) bond motifs is 2. The molecule has 28 heavy (non-hydrogen) atoms. The lowest BCUT2D eigenvalue weighted by Gasteiger charge is -2.28. The van der Waals surface area contributed by atoms with Gasteiger partial charge < -0.3 is 20.5 Å². The van der Waals surface area contributed by atoms with E-state index in [1.54, 1.807) is 0 Å². The number of carboxylic acid groups (broad SMARTS) is 1. The van der Waals surface area contributed by atoms with Crippen molar-refractivity contribution < 1.29 is 19.4 Å². The highest BCUT2D eigenvalue weighted by molar-refractivity contribution is 7.80. The van der Waals surface area contributed by atoms with Gasteiger partial charge in [0.2, 0.25) is 5.91 Å². The number of aliphatic carboxylic acids is 1. The van der Waals surface area contributed by atoms with Crippen LogP contribution in [0.2, 0.25) is 0 Å². The Morgan fingerprint density at radius 1 is 1.07 bits per heavy atom. The molecule has 156 valence electrons. The smallest absolute Gasteiger partial charge is 0.303 e. The summed E-state index contributed by atoms with van der Waals surface area (Å²) in [4.78, 5) is 23.3. The Morgan fingerprint density at radius 2 is 1.79 bits per heavy atom. The first-order valence-corrected chi connectivity index (χ1v) is 10.8. The van der Waals surface area contributed by atoms with E-state index >= 15 is 0 Å². The Hall–Kier alpha value is -1.65. The standard InChI is InChI=1S/C21H32N2O4S/c1-2-3-9-20(28)23-14-19(24)22-13-16-15(17-11-12-18(16)27-17)8-6-4-5-7-10-21(25)26/h1,15-18H,3-14H2,(H,22,24)(H,23,28)(H,25,26)/t15-,16+,17-,18+/m1/s1. The molecule has 0 spiro atoms. The van der Waals surface area contributed by atoms with Crippen LogP contribution >= 0.6 is 12.2 Å². The van der Waals surface area contributed by atoms with E-state index in [1.165, 1.54) is 0 Å². The molecular formula is C21H32N2O4S. The average molecular weight is 409 g/mol. The van der Waals surface area contributed by atoms with Crippen molar-refractivity contribution in [2.75, 3.05) is 13.1 Å². The Labute approximate surface area is 173 Å². The lowest BCUT2D eigenvalue weighted by molar-refractivity contribution is -0.137. The third-order valence-electron chi connectivity index (χ3n) is 5.75. The first kappa shape index (κ1) is 22.6. The summed E-state index contributed by atoms with van der Waals surface area (Å²) in [6.07, 6.45) is 14.4. The van der Waals surface area contributed by atoms with Crippen LogP contribution < -0.4 is 10.6 Å². The minimum atomic E-state index is -0.719. The predicted octanol–water partition coefficient (Wildman–Crippen LogP) is 2.65. The lowest BCUT2D eigenvalue weighted by Crippen LogP contribution is -2.42. The number of unbranched alkanes of at least 4 members (excludes halogenated alkanes) is 3. The maximum absolute atomic E-state index is 12.1. The predicted molar refractivity (Wildman–Crippen MR) is 112 cm³/mol. The van der Waals surface area contributed by atoms with Gasteiger partial charge in [-0.3, -0.25) is 9.59 Å². The summed E-state index contributed by atoms with van der Waals surface area (Å²) >= 11 is 5.14. The molecule has 0 aromatic heterocycles. The van der Waals surface area contributed by atoms with Crippen LogP contribution in [0.4, 0.5) is 0 Å². The van der Waals surface area contributed by atoms with E-state index in [0.717, 1.165) is 44.9 Å². The fourth-order valence-corrected chi connectivity index (χ4v) is 4.48. The number of ether oxygens (including phenoxy) is 1. The topological polar surface area (TPSA) is 87.7 Å². The highest BCUT2D eigenvalue weighted by atomic mass is 32.1. The van der Waals surface area contributed by atoms with Gasteiger partial charge in [-0.05, 0) is 31.6 Å². The highest BCUT2D eigenvalue weighted by Gasteiger charge is 2.48. The number of thiocarbonyl (C=S) groups is 1. The van der Waals surface area contributed by atoms with Crippen molar-refractivity contribution >= 4 is 29.1 Å². The van der Waals surface area contributed by atoms with Crippen molar-refractivity contribution in [3.05, 3.63) is 0 Å². The number of hydrogen-bond acceptors (Lipinski definition) is 4. The van der Waals surface area contributed by atoms with Crippen LogP contribution in [0, 0.1) is 24.2 Å². The van der Waals surface area contributed by atoms with Gasteiger partial charge in [0.1, 0.15) is 0 Å². The molecule has 0 unspecified atom stereocenters. The fraction of sp³-hybridized carbons (Fsp3) is 0.762. The molecular weight excluding hydrogens is 376 g/mol. The molecule has 2 heterocycles. The van der Waals surface area contributed by atoms with Crippen LogP contribution in [-0.4, -0.2) is 47.3 Å². The molecule has 0 aromatic carbocycles. The Balaban J connectivity index is 1.66. The number of carbonyl (C=O) groups is 2. The number of hydrogen-bond donors (Lipinski definition) is 3. The number of nitrogens with one attached hydrogen (secondary N) is 2. The third kappa shape index (κ3) is 7.40. The molecule has 2 bridgehead atoms. The molecule has 6 nitrogen and oxygen atoms in total. The molecule has 2 aliphatic rings. The van der Waals surface area contributed by atoms with Gasteiger partial charge in [-0.2, -0.15) is 0 Å². The fourth-order valence-electron chi connectivity index (χ4n) is 4.31. The minimum absolute atomic E-state index is 0.0572. The second kappa shape index (κ2) is 12.0. The molecule has 1 amide bonds. The van der Waals surface area contributed by atoms with Gasteiger partial charge in [0.05, 0.1) is 23.7 Å². The average Bonchev–Trinajstić information content (AvgIpc) is 3.27. The zero-order chi connectivity index (χ0) is 20.4. The SMILES string of the molecule is C#CCCC(=S)NCC(=O)NC[C@H]1[C@@H](CCCCCCC(=O)O)[C@H]2CC[C@@H]1O2. The van der Waals surface area contributed by atoms with Gasteiger partial charge in [-0.25, -0.2) is 0 Å². The van der Waals surface area contributed by atoms with Crippen LogP contribution in [0.5, 0.6) is 0 Å². The largest absolute Gasteiger partial charge is 0.481 e. The molecule has 0 aromatic rings. The molecule has 2 aliphatic heterocycles. The van der Waals surface area contributed by atoms with E-state index in [9.17, 15) is 9.59 Å². The molecule has 2 saturated heterocycles. The molecule has 0 aliphatic carbocycles. The number of amides is 1. The van der Waals surface area contributed by atoms with E-state index < -0.39 is 5.97 Å². The van der Waals surface area contributed by atoms with Gasteiger partial charge in [0, 0.05) is 31.7 Å². The zero-order valence-electron chi connectivity index (χ0n) is 16.5. The highest BCUT2D eigenvalue weighted by Crippen LogP contribution is 2.45. The molecule has 2 rings (SSSR count). The van der Waals surface area contributed by atoms with Gasteiger partial charge in [0.15, 0.2) is 0 Å². The summed E-state index contributed by atoms with van der Waals surface area (Å²) in [5, 5.41) is 14.7. The van der Waals surface area contributed by atoms with Crippen molar-refractivity contribution in [3.63, 3.8) is 0 Å². The first-order chi connectivity index (χ1) is 13.5. The van der Waals surface area contributed by atoms with Crippen LogP contribution in [0.15, 0.2) is 0 Å². The van der Waals surface area contributed by atoms with E-state index in [4.69, 9.17) is 28.5 Å². The van der Waals surface area contributed by atoms with E-state index in [2.05, 4.69) is 16.6 Å². The van der Waals surface area contributed by atoms with E-state index in [0.29, 0.717) is 42.3 Å². The lowest BCUT2D eigenvalue weighted by atomic mass is 9.76. The summed E-state index contributed by atoms with van der Waals surface area (Å²) < 4.78 is 6.10. The zero-order valence-corrected chi connectivity index (χ0v) is 17.3. The number of terminal acetylenes is 1. The summed E-state index contributed by atoms with van der Waals surface area (Å²) in [5.41, 5.74) is 0. The van der Waals surface area contributed by atoms with Gasteiger partial charge >= 0.3 is 5.97 Å². The molecule has 7 heteroatoms. The van der Waals surface area contributed by atoms with Crippen molar-refractivity contribution in [3.8, 4) is 12.3 Å². The minimum Gasteiger partial charge on any atom is -0.481 e. The third-order valence-corrected chi connectivity index (χ3v) is 6.09. The maximum atomic E-state index is 12.1. The Bertz CT molecular complexity index is 589. The Morgan fingerprint density at radius 3 is 2.50 bits per heavy atom. The molecule has 0 saturated carbocycles. The van der Waals surface area contributed by atoms with Crippen LogP contribution in [0.3, 0.4) is 0 Å². The molecule has 3 N–H and O–H groups in total. The van der Waals surface area contributed by atoms with E-state index in [-0.39, 0.29) is 25.0 Å². The quantitative estimate of drug-likeness (QED) is 0.247. The molecule has 4 atom stereocenters. The van der Waals surface area contributed by atoms with Crippen LogP contribution in [-0.2, 0) is 14.3 Å². The monoisotopic (exact) mass is 408 g/mol. The van der Waals surface area contributed by atoms with Crippen LogP contribution in [0.25, 0.3) is 0 Å². The van der Waals surface area contributed by atoms with E-state index in [1.807, 2.05) is 0 Å². The second-order valence-corrected chi connectivity index (χ2v) is 8.24. The van der Waals surface area contributed by atoms with Crippen LogP contribution in [0.1, 0.15) is 64.2 Å². The van der Waals surface area contributed by atoms with Crippen molar-refractivity contribution in [1.29, 1.82) is 0 Å². The van der Waals surface area contributed by atoms with Gasteiger partial charge in [-0.1, -0.05) is 31.5 Å². The summed E-state index contributed by atoms with van der Waals surface area (Å²) in [6.45, 7) is 0.821. The van der Waals surface area contributed by atoms with Gasteiger partial charge in [-0.15, -0.1) is 12.3 Å². The first-order valence-electron chi connectivity index (χ1n) is 10.4.